The molecule has 2 aromatic rings. The Kier molecular flexibility index (Phi) is 1.15. The van der Waals surface area contributed by atoms with E-state index in [9.17, 15) is 0 Å². The van der Waals surface area contributed by atoms with Gasteiger partial charge in [-0.25, -0.2) is 9.55 Å². The smallest absolute Gasteiger partial charge is 0.292 e. The Morgan fingerprint density at radius 3 is 3.00 bits per heavy atom. The van der Waals surface area contributed by atoms with Crippen molar-refractivity contribution >= 4 is 11.3 Å². The Morgan fingerprint density at radius 2 is 2.27 bits per heavy atom. The summed E-state index contributed by atoms with van der Waals surface area (Å²) in [6.45, 7) is 0. The van der Waals surface area contributed by atoms with Crippen LogP contribution in [0.25, 0.3) is 11.3 Å². The van der Waals surface area contributed by atoms with Gasteiger partial charge < -0.3 is 0 Å². The van der Waals surface area contributed by atoms with Crippen LogP contribution in [-0.4, -0.2) is 14.5 Å². The van der Waals surface area contributed by atoms with E-state index in [1.807, 2.05) is 29.4 Å². The molecular formula is C7H9N4+. The van der Waals surface area contributed by atoms with Gasteiger partial charge in [0.05, 0.1) is 13.2 Å². The molecule has 0 aliphatic carbocycles. The fraction of sp³-hybridized carbons (Fsp3) is 0.286. The Morgan fingerprint density at radius 1 is 1.45 bits per heavy atom. The minimum Gasteiger partial charge on any atom is -0.292 e. The summed E-state index contributed by atoms with van der Waals surface area (Å²) in [5.41, 5.74) is 1.82. The summed E-state index contributed by atoms with van der Waals surface area (Å²) in [6, 6.07) is 0. The summed E-state index contributed by atoms with van der Waals surface area (Å²) in [5, 5.41) is 0. The van der Waals surface area contributed by atoms with Crippen LogP contribution in [0.3, 0.4) is 0 Å². The first-order valence-electron chi connectivity index (χ1n) is 3.40. The number of aromatic nitrogens is 4. The second-order valence-electron chi connectivity index (χ2n) is 2.54. The van der Waals surface area contributed by atoms with Crippen molar-refractivity contribution in [3.8, 4) is 0 Å². The predicted octanol–water partition coefficient (Wildman–Crippen LogP) is -0.207. The lowest BCUT2D eigenvalue weighted by atomic mass is 10.6. The quantitative estimate of drug-likeness (QED) is 0.486. The summed E-state index contributed by atoms with van der Waals surface area (Å²) in [4.78, 5) is 8.36. The van der Waals surface area contributed by atoms with Crippen molar-refractivity contribution in [2.24, 2.45) is 14.1 Å². The molecule has 2 heterocycles. The molecule has 0 saturated carbocycles. The molecule has 4 heteroatoms. The van der Waals surface area contributed by atoms with Crippen LogP contribution in [0.1, 0.15) is 0 Å². The van der Waals surface area contributed by atoms with Crippen molar-refractivity contribution in [1.82, 2.24) is 14.5 Å². The Bertz CT molecular complexity index is 390. The van der Waals surface area contributed by atoms with Gasteiger partial charge >= 0.3 is 5.65 Å². The average Bonchev–Trinajstić information content (AvgIpc) is 2.35. The second kappa shape index (κ2) is 2.02. The molecule has 0 aliphatic heterocycles. The molecule has 11 heavy (non-hydrogen) atoms. The van der Waals surface area contributed by atoms with E-state index < -0.39 is 0 Å². The molecule has 0 atom stereocenters. The molecule has 0 radical (unpaired) electrons. The van der Waals surface area contributed by atoms with Crippen molar-refractivity contribution in [1.29, 1.82) is 0 Å². The summed E-state index contributed by atoms with van der Waals surface area (Å²) in [6.07, 6.45) is 5.41. The molecule has 0 aromatic carbocycles. The van der Waals surface area contributed by atoms with Crippen LogP contribution in [0.5, 0.6) is 0 Å². The number of rotatable bonds is 0. The van der Waals surface area contributed by atoms with Gasteiger partial charge in [0.25, 0.3) is 0 Å². The highest BCUT2D eigenvalue weighted by Crippen LogP contribution is 1.99. The molecule has 0 spiro atoms. The monoisotopic (exact) mass is 149 g/mol. The Hall–Kier alpha value is -1.45. The van der Waals surface area contributed by atoms with E-state index in [4.69, 9.17) is 0 Å². The van der Waals surface area contributed by atoms with Gasteiger partial charge in [-0.1, -0.05) is 0 Å². The minimum atomic E-state index is 0.912. The van der Waals surface area contributed by atoms with Crippen LogP contribution in [0.4, 0.5) is 0 Å². The van der Waals surface area contributed by atoms with Crippen LogP contribution in [-0.2, 0) is 14.1 Å². The van der Waals surface area contributed by atoms with Gasteiger partial charge in [-0.3, -0.25) is 4.57 Å². The molecule has 2 rings (SSSR count). The largest absolute Gasteiger partial charge is 0.367 e. The lowest BCUT2D eigenvalue weighted by molar-refractivity contribution is -0.647. The molecule has 2 aromatic heterocycles. The number of fused-ring (bicyclic) bond motifs is 1. The van der Waals surface area contributed by atoms with Crippen molar-refractivity contribution in [3.05, 3.63) is 18.7 Å². The maximum Gasteiger partial charge on any atom is 0.367 e. The minimum absolute atomic E-state index is 0.912. The fourth-order valence-electron chi connectivity index (χ4n) is 1.08. The number of imidazole rings is 1. The normalized spacial score (nSPS) is 10.7. The number of hydrogen-bond donors (Lipinski definition) is 0. The van der Waals surface area contributed by atoms with Gasteiger partial charge in [0.2, 0.25) is 12.0 Å². The van der Waals surface area contributed by atoms with Gasteiger partial charge in [-0.2, -0.15) is 0 Å². The maximum atomic E-state index is 4.18. The lowest BCUT2D eigenvalue weighted by Gasteiger charge is -1.89. The molecule has 0 saturated heterocycles. The molecule has 0 amide bonds. The van der Waals surface area contributed by atoms with Crippen molar-refractivity contribution in [3.63, 3.8) is 0 Å². The van der Waals surface area contributed by atoms with Gasteiger partial charge in [0.15, 0.2) is 0 Å². The number of hydrogen-bond acceptors (Lipinski definition) is 2. The van der Waals surface area contributed by atoms with Gasteiger partial charge in [-0.15, -0.1) is 0 Å². The summed E-state index contributed by atoms with van der Waals surface area (Å²) >= 11 is 0. The third kappa shape index (κ3) is 0.790. The molecule has 56 valence electrons. The van der Waals surface area contributed by atoms with Gasteiger partial charge in [0.1, 0.15) is 6.20 Å². The second-order valence-corrected chi connectivity index (χ2v) is 2.54. The van der Waals surface area contributed by atoms with E-state index in [1.54, 1.807) is 12.5 Å². The summed E-state index contributed by atoms with van der Waals surface area (Å²) < 4.78 is 3.84. The zero-order valence-corrected chi connectivity index (χ0v) is 6.52. The fourth-order valence-corrected chi connectivity index (χ4v) is 1.08. The third-order valence-electron chi connectivity index (χ3n) is 1.71. The van der Waals surface area contributed by atoms with E-state index in [1.165, 1.54) is 0 Å². The van der Waals surface area contributed by atoms with Crippen molar-refractivity contribution < 1.29 is 4.57 Å². The third-order valence-corrected chi connectivity index (χ3v) is 1.71. The predicted molar refractivity (Wildman–Crippen MR) is 39.7 cm³/mol. The molecule has 0 bridgehead atoms. The molecule has 0 fully saturated rings. The topological polar surface area (TPSA) is 34.6 Å². The molecule has 4 nitrogen and oxygen atoms in total. The van der Waals surface area contributed by atoms with E-state index in [0.29, 0.717) is 0 Å². The van der Waals surface area contributed by atoms with Crippen LogP contribution in [0, 0.1) is 0 Å². The molecule has 0 unspecified atom stereocenters. The highest BCUT2D eigenvalue weighted by atomic mass is 15.1. The highest BCUT2D eigenvalue weighted by molar-refractivity contribution is 5.60. The molecule has 0 aliphatic rings. The van der Waals surface area contributed by atoms with Crippen molar-refractivity contribution in [2.45, 2.75) is 0 Å². The Labute approximate surface area is 64.1 Å². The highest BCUT2D eigenvalue weighted by Gasteiger charge is 2.10. The van der Waals surface area contributed by atoms with E-state index in [-0.39, 0.29) is 0 Å². The first-order valence-corrected chi connectivity index (χ1v) is 3.40. The van der Waals surface area contributed by atoms with Crippen LogP contribution in [0.15, 0.2) is 18.7 Å². The summed E-state index contributed by atoms with van der Waals surface area (Å²) in [7, 11) is 3.89. The first-order chi connectivity index (χ1) is 5.29. The van der Waals surface area contributed by atoms with Crippen LogP contribution < -0.4 is 4.57 Å². The van der Waals surface area contributed by atoms with E-state index >= 15 is 0 Å². The number of aryl methyl sites for hydroxylation is 2. The van der Waals surface area contributed by atoms with E-state index in [2.05, 4.69) is 9.97 Å². The van der Waals surface area contributed by atoms with Gasteiger partial charge in [-0.05, 0) is 4.98 Å². The maximum absolute atomic E-state index is 4.18. The zero-order valence-electron chi connectivity index (χ0n) is 6.52. The van der Waals surface area contributed by atoms with Crippen molar-refractivity contribution in [2.75, 3.05) is 0 Å². The van der Waals surface area contributed by atoms with E-state index in [0.717, 1.165) is 11.3 Å². The molecular weight excluding hydrogens is 140 g/mol. The average molecular weight is 149 g/mol. The lowest BCUT2D eigenvalue weighted by Crippen LogP contribution is -2.28. The summed E-state index contributed by atoms with van der Waals surface area (Å²) in [5.74, 6) is 0. The zero-order chi connectivity index (χ0) is 7.84. The number of nitrogens with zero attached hydrogens (tertiary/aromatic N) is 4. The molecule has 0 N–H and O–H groups in total. The Balaban J connectivity index is 2.94. The van der Waals surface area contributed by atoms with Gasteiger partial charge in [0, 0.05) is 7.05 Å². The first kappa shape index (κ1) is 6.27. The SMILES string of the molecule is Cn1cnc2c1ncc[n+]2C. The van der Waals surface area contributed by atoms with Crippen LogP contribution in [0.2, 0.25) is 0 Å². The van der Waals surface area contributed by atoms with Crippen LogP contribution >= 0.6 is 0 Å². The standard InChI is InChI=1S/C7H9N4/c1-10-4-3-8-6-7(10)9-5-11(6)2/h3-5H,1-2H3/q+1.